The van der Waals surface area contributed by atoms with Gasteiger partial charge in [0.05, 0.1) is 0 Å². The Kier molecular flexibility index (Phi) is 1.80. The van der Waals surface area contributed by atoms with Crippen LogP contribution < -0.4 is 5.32 Å². The maximum absolute atomic E-state index is 5.94. The zero-order chi connectivity index (χ0) is 7.84. The first-order chi connectivity index (χ1) is 5.27. The molecule has 0 aliphatic carbocycles. The van der Waals surface area contributed by atoms with Gasteiger partial charge in [-0.15, -0.1) is 0 Å². The monoisotopic (exact) mass is 187 g/mol. The Bertz CT molecular complexity index is 281. The lowest BCUT2D eigenvalue weighted by atomic mass is 10.2. The van der Waals surface area contributed by atoms with Gasteiger partial charge in [-0.3, -0.25) is 0 Å². The van der Waals surface area contributed by atoms with Crippen molar-refractivity contribution in [3.63, 3.8) is 0 Å². The molecule has 0 amide bonds. The van der Waals surface area contributed by atoms with E-state index in [0.717, 1.165) is 17.1 Å². The largest absolute Gasteiger partial charge is 0.307 e. The first kappa shape index (κ1) is 7.41. The van der Waals surface area contributed by atoms with Crippen molar-refractivity contribution in [3.05, 3.63) is 33.8 Å². The van der Waals surface area contributed by atoms with Crippen molar-refractivity contribution in [3.8, 4) is 0 Å². The zero-order valence-corrected chi connectivity index (χ0v) is 7.28. The summed E-state index contributed by atoms with van der Waals surface area (Å²) >= 11 is 11.7. The molecule has 0 unspecified atom stereocenters. The van der Waals surface area contributed by atoms with Crippen LogP contribution in [0, 0.1) is 0 Å². The fraction of sp³-hybridized carbons (Fsp3) is 0.250. The summed E-state index contributed by atoms with van der Waals surface area (Å²) in [6.07, 6.45) is 0. The van der Waals surface area contributed by atoms with Crippen LogP contribution in [0.1, 0.15) is 11.6 Å². The summed E-state index contributed by atoms with van der Waals surface area (Å²) in [5.74, 6) is 0. The average molecular weight is 188 g/mol. The summed E-state index contributed by atoms with van der Waals surface area (Å²) in [5, 5.41) is 4.63. The van der Waals surface area contributed by atoms with Crippen LogP contribution in [0.15, 0.2) is 18.2 Å². The maximum Gasteiger partial charge on any atom is 0.0469 e. The number of rotatable bonds is 1. The predicted octanol–water partition coefficient (Wildman–Crippen LogP) is 2.64. The Labute approximate surface area is 75.3 Å². The van der Waals surface area contributed by atoms with E-state index in [-0.39, 0.29) is 0 Å². The van der Waals surface area contributed by atoms with Crippen LogP contribution in [0.25, 0.3) is 0 Å². The molecule has 0 spiro atoms. The minimum atomic E-state index is 0.458. The number of halogens is 2. The van der Waals surface area contributed by atoms with Gasteiger partial charge in [0.15, 0.2) is 0 Å². The van der Waals surface area contributed by atoms with Crippen LogP contribution >= 0.6 is 23.2 Å². The molecule has 1 aliphatic rings. The van der Waals surface area contributed by atoms with Crippen molar-refractivity contribution in [2.45, 2.75) is 6.04 Å². The second-order valence-corrected chi connectivity index (χ2v) is 3.47. The van der Waals surface area contributed by atoms with Gasteiger partial charge in [0, 0.05) is 22.6 Å². The van der Waals surface area contributed by atoms with Gasteiger partial charge in [-0.25, -0.2) is 0 Å². The van der Waals surface area contributed by atoms with Gasteiger partial charge in [-0.1, -0.05) is 29.3 Å². The molecule has 58 valence electrons. The molecule has 1 aliphatic heterocycles. The van der Waals surface area contributed by atoms with Gasteiger partial charge < -0.3 is 5.32 Å². The molecule has 1 atom stereocenters. The highest BCUT2D eigenvalue weighted by atomic mass is 35.5. The summed E-state index contributed by atoms with van der Waals surface area (Å²) in [7, 11) is 0. The van der Waals surface area contributed by atoms with Crippen molar-refractivity contribution >= 4 is 23.2 Å². The predicted molar refractivity (Wildman–Crippen MR) is 47.2 cm³/mol. The Balaban J connectivity index is 2.39. The summed E-state index contributed by atoms with van der Waals surface area (Å²) in [5.41, 5.74) is 1.15. The smallest absolute Gasteiger partial charge is 0.0469 e. The Morgan fingerprint density at radius 1 is 1.36 bits per heavy atom. The van der Waals surface area contributed by atoms with Crippen LogP contribution in [0.5, 0.6) is 0 Å². The zero-order valence-electron chi connectivity index (χ0n) is 5.77. The van der Waals surface area contributed by atoms with Crippen molar-refractivity contribution < 1.29 is 0 Å². The highest BCUT2D eigenvalue weighted by Gasteiger charge is 2.24. The van der Waals surface area contributed by atoms with Crippen LogP contribution in [0.4, 0.5) is 0 Å². The third kappa shape index (κ3) is 1.51. The van der Waals surface area contributed by atoms with E-state index in [1.807, 2.05) is 12.1 Å². The van der Waals surface area contributed by atoms with Crippen LogP contribution in [-0.4, -0.2) is 6.54 Å². The maximum atomic E-state index is 5.94. The van der Waals surface area contributed by atoms with Crippen LogP contribution in [-0.2, 0) is 0 Å². The van der Waals surface area contributed by atoms with E-state index in [1.54, 1.807) is 6.07 Å². The van der Waals surface area contributed by atoms with E-state index in [4.69, 9.17) is 23.2 Å². The highest BCUT2D eigenvalue weighted by Crippen LogP contribution is 2.30. The van der Waals surface area contributed by atoms with E-state index in [2.05, 4.69) is 5.32 Å². The fourth-order valence-corrected chi connectivity index (χ4v) is 1.60. The molecule has 2 rings (SSSR count). The van der Waals surface area contributed by atoms with Gasteiger partial charge >= 0.3 is 0 Å². The molecule has 1 nitrogen and oxygen atoms in total. The van der Waals surface area contributed by atoms with Gasteiger partial charge in [0.1, 0.15) is 0 Å². The SMILES string of the molecule is Clc1ccc([C@H]2CN2)c(Cl)c1. The summed E-state index contributed by atoms with van der Waals surface area (Å²) in [6, 6.07) is 6.07. The van der Waals surface area contributed by atoms with Gasteiger partial charge in [0.2, 0.25) is 0 Å². The quantitative estimate of drug-likeness (QED) is 0.672. The second-order valence-electron chi connectivity index (χ2n) is 2.63. The van der Waals surface area contributed by atoms with Gasteiger partial charge in [-0.2, -0.15) is 0 Å². The normalized spacial score (nSPS) is 21.8. The second kappa shape index (κ2) is 2.67. The molecule has 3 heteroatoms. The van der Waals surface area contributed by atoms with Gasteiger partial charge in [0.25, 0.3) is 0 Å². The van der Waals surface area contributed by atoms with E-state index in [9.17, 15) is 0 Å². The molecule has 1 aromatic rings. The van der Waals surface area contributed by atoms with Crippen molar-refractivity contribution in [1.82, 2.24) is 5.32 Å². The molecule has 1 heterocycles. The highest BCUT2D eigenvalue weighted by molar-refractivity contribution is 6.35. The topological polar surface area (TPSA) is 21.9 Å². The molecule has 1 N–H and O–H groups in total. The van der Waals surface area contributed by atoms with Crippen LogP contribution in [0.3, 0.4) is 0 Å². The summed E-state index contributed by atoms with van der Waals surface area (Å²) in [4.78, 5) is 0. The Hall–Kier alpha value is -0.240. The number of hydrogen-bond acceptors (Lipinski definition) is 1. The molecule has 0 saturated carbocycles. The first-order valence-corrected chi connectivity index (χ1v) is 4.21. The Morgan fingerprint density at radius 2 is 2.09 bits per heavy atom. The first-order valence-electron chi connectivity index (χ1n) is 3.46. The number of benzene rings is 1. The third-order valence-electron chi connectivity index (χ3n) is 1.75. The lowest BCUT2D eigenvalue weighted by molar-refractivity contribution is 1.08. The number of hydrogen-bond donors (Lipinski definition) is 1. The van der Waals surface area contributed by atoms with Crippen LogP contribution in [0.2, 0.25) is 10.0 Å². The molecular formula is C8H7Cl2N. The molecule has 0 bridgehead atoms. The van der Waals surface area contributed by atoms with E-state index >= 15 is 0 Å². The fourth-order valence-electron chi connectivity index (χ4n) is 1.06. The van der Waals surface area contributed by atoms with Crippen molar-refractivity contribution in [2.75, 3.05) is 6.54 Å². The standard InChI is InChI=1S/C8H7Cl2N/c9-5-1-2-6(7(10)3-5)8-4-11-8/h1-3,8,11H,4H2/t8-/m1/s1. The average Bonchev–Trinajstić information content (AvgIpc) is 2.70. The molecule has 11 heavy (non-hydrogen) atoms. The van der Waals surface area contributed by atoms with E-state index in [0.29, 0.717) is 11.1 Å². The summed E-state index contributed by atoms with van der Waals surface area (Å²) < 4.78 is 0. The van der Waals surface area contributed by atoms with E-state index < -0.39 is 0 Å². The molecule has 0 aromatic heterocycles. The van der Waals surface area contributed by atoms with E-state index in [1.165, 1.54) is 0 Å². The molecule has 1 aromatic carbocycles. The van der Waals surface area contributed by atoms with Crippen molar-refractivity contribution in [1.29, 1.82) is 0 Å². The molecule has 0 radical (unpaired) electrons. The molecule has 1 fully saturated rings. The lowest BCUT2D eigenvalue weighted by Crippen LogP contribution is -1.84. The summed E-state index contributed by atoms with van der Waals surface area (Å²) in [6.45, 7) is 1.03. The number of nitrogens with one attached hydrogen (secondary N) is 1. The lowest BCUT2D eigenvalue weighted by Gasteiger charge is -1.99. The van der Waals surface area contributed by atoms with Gasteiger partial charge in [-0.05, 0) is 17.7 Å². The minimum Gasteiger partial charge on any atom is -0.307 e. The Morgan fingerprint density at radius 3 is 2.64 bits per heavy atom. The van der Waals surface area contributed by atoms with Crippen molar-refractivity contribution in [2.24, 2.45) is 0 Å². The molecular weight excluding hydrogens is 181 g/mol. The third-order valence-corrected chi connectivity index (χ3v) is 2.31. The minimum absolute atomic E-state index is 0.458. The molecule has 1 saturated heterocycles.